The maximum atomic E-state index is 12.4. The minimum atomic E-state index is -0.175. The minimum absolute atomic E-state index is 0.175. The van der Waals surface area contributed by atoms with Crippen LogP contribution in [0.15, 0.2) is 28.9 Å². The van der Waals surface area contributed by atoms with Crippen molar-refractivity contribution in [1.29, 1.82) is 0 Å². The van der Waals surface area contributed by atoms with Crippen LogP contribution in [0.4, 0.5) is 0 Å². The number of nitrogens with one attached hydrogen (secondary N) is 1. The molecule has 3 aromatic rings. The molecule has 1 amide bonds. The van der Waals surface area contributed by atoms with Gasteiger partial charge in [0.25, 0.3) is 5.91 Å². The summed E-state index contributed by atoms with van der Waals surface area (Å²) in [6.07, 6.45) is 3.93. The summed E-state index contributed by atoms with van der Waals surface area (Å²) in [5.41, 5.74) is 1.07. The van der Waals surface area contributed by atoms with E-state index in [-0.39, 0.29) is 5.91 Å². The number of fused-ring (bicyclic) bond motifs is 1. The van der Waals surface area contributed by atoms with E-state index in [1.165, 1.54) is 19.1 Å². The molecule has 1 saturated carbocycles. The van der Waals surface area contributed by atoms with Crippen LogP contribution in [-0.2, 0) is 6.54 Å². The third kappa shape index (κ3) is 2.48. The van der Waals surface area contributed by atoms with Gasteiger partial charge in [-0.15, -0.1) is 10.2 Å². The average Bonchev–Trinajstić information content (AvgIpc) is 3.06. The Balaban J connectivity index is 1.50. The number of furan rings is 1. The Kier molecular flexibility index (Phi) is 3.35. The second-order valence-electron chi connectivity index (χ2n) is 5.25. The zero-order chi connectivity index (χ0) is 15.1. The van der Waals surface area contributed by atoms with E-state index < -0.39 is 0 Å². The highest BCUT2D eigenvalue weighted by Crippen LogP contribution is 2.41. The third-order valence-electron chi connectivity index (χ3n) is 3.62. The van der Waals surface area contributed by atoms with Crippen molar-refractivity contribution in [2.24, 2.45) is 0 Å². The molecule has 5 nitrogen and oxygen atoms in total. The van der Waals surface area contributed by atoms with E-state index in [2.05, 4.69) is 15.5 Å². The summed E-state index contributed by atoms with van der Waals surface area (Å²) in [6, 6.07) is 5.11. The van der Waals surface area contributed by atoms with Gasteiger partial charge in [-0.1, -0.05) is 22.9 Å². The van der Waals surface area contributed by atoms with Gasteiger partial charge in [0.15, 0.2) is 5.58 Å². The number of carbonyl (C=O) groups excluding carboxylic acids is 1. The molecule has 1 N–H and O–H groups in total. The Labute approximate surface area is 135 Å². The SMILES string of the molecule is O=C(NCc1nnc(C2CC2)s1)c1ccc(Cl)c2occc12. The smallest absolute Gasteiger partial charge is 0.252 e. The number of nitrogens with zero attached hydrogens (tertiary/aromatic N) is 2. The second-order valence-corrected chi connectivity index (χ2v) is 6.75. The van der Waals surface area contributed by atoms with Crippen LogP contribution in [0.1, 0.15) is 39.1 Å². The van der Waals surface area contributed by atoms with Crippen LogP contribution in [-0.4, -0.2) is 16.1 Å². The molecule has 1 aliphatic carbocycles. The fourth-order valence-electron chi connectivity index (χ4n) is 2.31. The Morgan fingerprint density at radius 3 is 3.05 bits per heavy atom. The molecule has 2 heterocycles. The number of amides is 1. The number of benzene rings is 1. The molecule has 0 saturated heterocycles. The fourth-order valence-corrected chi connectivity index (χ4v) is 3.47. The first-order chi connectivity index (χ1) is 10.7. The molecule has 7 heteroatoms. The van der Waals surface area contributed by atoms with E-state index in [0.717, 1.165) is 10.0 Å². The van der Waals surface area contributed by atoms with E-state index in [1.807, 2.05) is 0 Å². The van der Waals surface area contributed by atoms with Gasteiger partial charge in [0, 0.05) is 11.3 Å². The van der Waals surface area contributed by atoms with Gasteiger partial charge in [0.05, 0.1) is 23.4 Å². The van der Waals surface area contributed by atoms with Crippen molar-refractivity contribution in [3.8, 4) is 0 Å². The Morgan fingerprint density at radius 1 is 1.36 bits per heavy atom. The lowest BCUT2D eigenvalue weighted by molar-refractivity contribution is 0.0952. The number of carbonyl (C=O) groups is 1. The summed E-state index contributed by atoms with van der Waals surface area (Å²) in [5.74, 6) is 0.412. The average molecular weight is 334 g/mol. The number of hydrogen-bond acceptors (Lipinski definition) is 5. The van der Waals surface area contributed by atoms with Crippen LogP contribution in [0.25, 0.3) is 11.0 Å². The van der Waals surface area contributed by atoms with Gasteiger partial charge in [-0.05, 0) is 31.0 Å². The first kappa shape index (κ1) is 13.7. The maximum Gasteiger partial charge on any atom is 0.252 e. The van der Waals surface area contributed by atoms with E-state index in [9.17, 15) is 4.79 Å². The van der Waals surface area contributed by atoms with Gasteiger partial charge >= 0.3 is 0 Å². The second kappa shape index (κ2) is 5.37. The summed E-state index contributed by atoms with van der Waals surface area (Å²) >= 11 is 7.62. The van der Waals surface area contributed by atoms with Crippen molar-refractivity contribution in [3.63, 3.8) is 0 Å². The first-order valence-electron chi connectivity index (χ1n) is 6.98. The van der Waals surface area contributed by atoms with Crippen LogP contribution in [0.3, 0.4) is 0 Å². The zero-order valence-corrected chi connectivity index (χ0v) is 13.1. The molecule has 1 aliphatic rings. The summed E-state index contributed by atoms with van der Waals surface area (Å²) in [7, 11) is 0. The predicted molar refractivity (Wildman–Crippen MR) is 84.3 cm³/mol. The highest BCUT2D eigenvalue weighted by molar-refractivity contribution is 7.11. The van der Waals surface area contributed by atoms with Crippen LogP contribution in [0, 0.1) is 0 Å². The zero-order valence-electron chi connectivity index (χ0n) is 11.5. The van der Waals surface area contributed by atoms with E-state index in [0.29, 0.717) is 34.0 Å². The van der Waals surface area contributed by atoms with Crippen molar-refractivity contribution in [2.45, 2.75) is 25.3 Å². The summed E-state index contributed by atoms with van der Waals surface area (Å²) in [6.45, 7) is 0.380. The van der Waals surface area contributed by atoms with Crippen molar-refractivity contribution in [3.05, 3.63) is 45.1 Å². The number of rotatable bonds is 4. The van der Waals surface area contributed by atoms with Gasteiger partial charge in [0.2, 0.25) is 0 Å². The fraction of sp³-hybridized carbons (Fsp3) is 0.267. The standard InChI is InChI=1S/C15H12ClN3O2S/c16-11-4-3-10(9-5-6-21-13(9)11)14(20)17-7-12-18-19-15(22-12)8-1-2-8/h3-6,8H,1-2,7H2,(H,17,20). The van der Waals surface area contributed by atoms with Crippen molar-refractivity contribution < 1.29 is 9.21 Å². The number of aromatic nitrogens is 2. The number of hydrogen-bond donors (Lipinski definition) is 1. The molecule has 2 aromatic heterocycles. The normalized spacial score (nSPS) is 14.4. The molecule has 112 valence electrons. The van der Waals surface area contributed by atoms with Crippen LogP contribution in [0.2, 0.25) is 5.02 Å². The summed E-state index contributed by atoms with van der Waals surface area (Å²) < 4.78 is 5.31. The summed E-state index contributed by atoms with van der Waals surface area (Å²) in [5, 5.41) is 14.3. The van der Waals surface area contributed by atoms with Crippen LogP contribution >= 0.6 is 22.9 Å². The molecule has 0 spiro atoms. The molecule has 0 bridgehead atoms. The molecule has 0 atom stereocenters. The topological polar surface area (TPSA) is 68.0 Å². The maximum absolute atomic E-state index is 12.4. The molecular formula is C15H12ClN3O2S. The van der Waals surface area contributed by atoms with E-state index in [4.69, 9.17) is 16.0 Å². The molecule has 0 radical (unpaired) electrons. The summed E-state index contributed by atoms with van der Waals surface area (Å²) in [4.78, 5) is 12.4. The molecular weight excluding hydrogens is 322 g/mol. The lowest BCUT2D eigenvalue weighted by Crippen LogP contribution is -2.22. The van der Waals surface area contributed by atoms with Gasteiger partial charge in [0.1, 0.15) is 10.0 Å². The monoisotopic (exact) mass is 333 g/mol. The quantitative estimate of drug-likeness (QED) is 0.789. The van der Waals surface area contributed by atoms with Crippen molar-refractivity contribution >= 4 is 39.8 Å². The lowest BCUT2D eigenvalue weighted by atomic mass is 10.1. The molecule has 0 unspecified atom stereocenters. The largest absolute Gasteiger partial charge is 0.463 e. The third-order valence-corrected chi connectivity index (χ3v) is 5.01. The molecule has 4 rings (SSSR count). The van der Waals surface area contributed by atoms with E-state index in [1.54, 1.807) is 29.5 Å². The Bertz CT molecular complexity index is 853. The Hall–Kier alpha value is -1.92. The van der Waals surface area contributed by atoms with Gasteiger partial charge in [-0.25, -0.2) is 0 Å². The van der Waals surface area contributed by atoms with Gasteiger partial charge in [-0.3, -0.25) is 4.79 Å². The highest BCUT2D eigenvalue weighted by atomic mass is 35.5. The van der Waals surface area contributed by atoms with Crippen LogP contribution in [0.5, 0.6) is 0 Å². The minimum Gasteiger partial charge on any atom is -0.463 e. The van der Waals surface area contributed by atoms with Crippen molar-refractivity contribution in [1.82, 2.24) is 15.5 Å². The predicted octanol–water partition coefficient (Wildman–Crippen LogP) is 3.75. The molecule has 1 fully saturated rings. The first-order valence-corrected chi connectivity index (χ1v) is 8.18. The molecule has 1 aromatic carbocycles. The van der Waals surface area contributed by atoms with Gasteiger partial charge in [-0.2, -0.15) is 0 Å². The Morgan fingerprint density at radius 2 is 2.23 bits per heavy atom. The highest BCUT2D eigenvalue weighted by Gasteiger charge is 2.27. The van der Waals surface area contributed by atoms with E-state index >= 15 is 0 Å². The number of halogens is 1. The molecule has 0 aliphatic heterocycles. The van der Waals surface area contributed by atoms with Gasteiger partial charge < -0.3 is 9.73 Å². The lowest BCUT2D eigenvalue weighted by Gasteiger charge is -2.04. The van der Waals surface area contributed by atoms with Crippen LogP contribution < -0.4 is 5.32 Å². The van der Waals surface area contributed by atoms with Crippen molar-refractivity contribution in [2.75, 3.05) is 0 Å². The molecule has 22 heavy (non-hydrogen) atoms.